The molecule has 0 saturated carbocycles. The lowest BCUT2D eigenvalue weighted by Gasteiger charge is -2.33. The molecule has 20 heavy (non-hydrogen) atoms. The smallest absolute Gasteiger partial charge is 0.188 e. The number of aliphatic imine (C=N–C) groups is 1. The van der Waals surface area contributed by atoms with Gasteiger partial charge in [0.1, 0.15) is 0 Å². The molecule has 2 rings (SSSR count). The third-order valence-corrected chi connectivity index (χ3v) is 3.75. The van der Waals surface area contributed by atoms with Crippen molar-refractivity contribution in [2.24, 2.45) is 10.7 Å². The maximum atomic E-state index is 5.85. The van der Waals surface area contributed by atoms with Crippen LogP contribution in [-0.2, 0) is 13.0 Å². The van der Waals surface area contributed by atoms with Gasteiger partial charge in [-0.2, -0.15) is 0 Å². The Morgan fingerprint density at radius 3 is 2.70 bits per heavy atom. The molecule has 0 saturated heterocycles. The lowest BCUT2D eigenvalue weighted by Crippen LogP contribution is -2.41. The van der Waals surface area contributed by atoms with Crippen LogP contribution in [-0.4, -0.2) is 36.0 Å². The second kappa shape index (κ2) is 6.75. The van der Waals surface area contributed by atoms with Gasteiger partial charge in [0.25, 0.3) is 0 Å². The second-order valence-electron chi connectivity index (χ2n) is 5.86. The first-order valence-electron chi connectivity index (χ1n) is 7.43. The topological polar surface area (TPSA) is 53.6 Å². The number of hydrogen-bond donors (Lipinski definition) is 2. The molecule has 1 aromatic rings. The Hall–Kier alpha value is -1.55. The van der Waals surface area contributed by atoms with Gasteiger partial charge in [-0.25, -0.2) is 0 Å². The molecular formula is C16H26N4. The Kier molecular flexibility index (Phi) is 5.01. The number of nitrogens with one attached hydrogen (secondary N) is 1. The Labute approximate surface area is 122 Å². The highest BCUT2D eigenvalue weighted by Crippen LogP contribution is 2.20. The monoisotopic (exact) mass is 274 g/mol. The van der Waals surface area contributed by atoms with Gasteiger partial charge in [-0.15, -0.1) is 0 Å². The van der Waals surface area contributed by atoms with Crippen molar-refractivity contribution in [2.75, 3.05) is 13.1 Å². The standard InChI is InChI=1S/C16H26N4/c1-12(2)19-16(17)18-10-13(3)20-9-8-14-6-4-5-7-15(14)11-20/h4-7,12-13H,8-11H2,1-3H3,(H3,17,18,19). The normalized spacial score (nSPS) is 17.9. The fourth-order valence-electron chi connectivity index (χ4n) is 2.58. The quantitative estimate of drug-likeness (QED) is 0.649. The minimum absolute atomic E-state index is 0.330. The second-order valence-corrected chi connectivity index (χ2v) is 5.86. The highest BCUT2D eigenvalue weighted by Gasteiger charge is 2.19. The zero-order valence-electron chi connectivity index (χ0n) is 12.8. The van der Waals surface area contributed by atoms with Crippen molar-refractivity contribution in [3.8, 4) is 0 Å². The average Bonchev–Trinajstić information content (AvgIpc) is 2.43. The van der Waals surface area contributed by atoms with Crippen molar-refractivity contribution in [1.82, 2.24) is 10.2 Å². The van der Waals surface area contributed by atoms with Crippen molar-refractivity contribution in [2.45, 2.75) is 45.8 Å². The summed E-state index contributed by atoms with van der Waals surface area (Å²) in [4.78, 5) is 6.92. The summed E-state index contributed by atoms with van der Waals surface area (Å²) < 4.78 is 0. The fourth-order valence-corrected chi connectivity index (χ4v) is 2.58. The molecule has 0 amide bonds. The summed E-state index contributed by atoms with van der Waals surface area (Å²) >= 11 is 0. The van der Waals surface area contributed by atoms with E-state index in [1.807, 2.05) is 0 Å². The molecule has 1 aliphatic heterocycles. The molecule has 1 aliphatic rings. The van der Waals surface area contributed by atoms with Crippen molar-refractivity contribution < 1.29 is 0 Å². The minimum Gasteiger partial charge on any atom is -0.370 e. The Morgan fingerprint density at radius 2 is 2.00 bits per heavy atom. The van der Waals surface area contributed by atoms with E-state index in [0.29, 0.717) is 18.0 Å². The third-order valence-electron chi connectivity index (χ3n) is 3.75. The van der Waals surface area contributed by atoms with Crippen LogP contribution in [0.5, 0.6) is 0 Å². The van der Waals surface area contributed by atoms with Crippen LogP contribution in [0.25, 0.3) is 0 Å². The van der Waals surface area contributed by atoms with Gasteiger partial charge in [0.05, 0.1) is 6.54 Å². The molecule has 0 spiro atoms. The van der Waals surface area contributed by atoms with Gasteiger partial charge in [-0.1, -0.05) is 24.3 Å². The van der Waals surface area contributed by atoms with Gasteiger partial charge in [-0.3, -0.25) is 9.89 Å². The molecule has 1 heterocycles. The zero-order chi connectivity index (χ0) is 14.5. The maximum Gasteiger partial charge on any atom is 0.188 e. The average molecular weight is 274 g/mol. The molecule has 1 aromatic carbocycles. The van der Waals surface area contributed by atoms with E-state index in [1.165, 1.54) is 11.1 Å². The molecule has 110 valence electrons. The lowest BCUT2D eigenvalue weighted by molar-refractivity contribution is 0.195. The molecule has 4 heteroatoms. The number of benzene rings is 1. The van der Waals surface area contributed by atoms with Gasteiger partial charge >= 0.3 is 0 Å². The van der Waals surface area contributed by atoms with Gasteiger partial charge in [-0.05, 0) is 38.3 Å². The van der Waals surface area contributed by atoms with Gasteiger partial charge < -0.3 is 11.1 Å². The molecule has 0 radical (unpaired) electrons. The SMILES string of the molecule is CC(C)NC(N)=NCC(C)N1CCc2ccccc2C1. The molecule has 3 N–H and O–H groups in total. The molecule has 0 aromatic heterocycles. The number of rotatable bonds is 4. The van der Waals surface area contributed by atoms with Crippen LogP contribution in [0.3, 0.4) is 0 Å². The van der Waals surface area contributed by atoms with Crippen LogP contribution >= 0.6 is 0 Å². The van der Waals surface area contributed by atoms with Crippen LogP contribution in [0.2, 0.25) is 0 Å². The van der Waals surface area contributed by atoms with E-state index in [0.717, 1.165) is 26.1 Å². The van der Waals surface area contributed by atoms with E-state index in [4.69, 9.17) is 5.73 Å². The van der Waals surface area contributed by atoms with Crippen LogP contribution < -0.4 is 11.1 Å². The zero-order valence-corrected chi connectivity index (χ0v) is 12.8. The number of guanidine groups is 1. The molecule has 0 fully saturated rings. The predicted molar refractivity (Wildman–Crippen MR) is 84.8 cm³/mol. The van der Waals surface area contributed by atoms with Gasteiger partial charge in [0, 0.05) is 25.2 Å². The number of nitrogens with zero attached hydrogens (tertiary/aromatic N) is 2. The lowest BCUT2D eigenvalue weighted by atomic mass is 9.99. The number of hydrogen-bond acceptors (Lipinski definition) is 2. The molecule has 1 unspecified atom stereocenters. The first-order chi connectivity index (χ1) is 9.56. The maximum absolute atomic E-state index is 5.85. The van der Waals surface area contributed by atoms with Crippen molar-refractivity contribution in [1.29, 1.82) is 0 Å². The Bertz CT molecular complexity index is 467. The van der Waals surface area contributed by atoms with E-state index >= 15 is 0 Å². The van der Waals surface area contributed by atoms with E-state index in [9.17, 15) is 0 Å². The highest BCUT2D eigenvalue weighted by atomic mass is 15.2. The van der Waals surface area contributed by atoms with Crippen molar-refractivity contribution in [3.63, 3.8) is 0 Å². The Morgan fingerprint density at radius 1 is 1.30 bits per heavy atom. The molecule has 4 nitrogen and oxygen atoms in total. The summed E-state index contributed by atoms with van der Waals surface area (Å²) in [5, 5.41) is 3.13. The van der Waals surface area contributed by atoms with Gasteiger partial charge in [0.2, 0.25) is 0 Å². The van der Waals surface area contributed by atoms with Crippen LogP contribution in [0.1, 0.15) is 31.9 Å². The van der Waals surface area contributed by atoms with Crippen molar-refractivity contribution in [3.05, 3.63) is 35.4 Å². The van der Waals surface area contributed by atoms with Crippen LogP contribution in [0, 0.1) is 0 Å². The van der Waals surface area contributed by atoms with Crippen LogP contribution in [0.15, 0.2) is 29.3 Å². The summed E-state index contributed by atoms with van der Waals surface area (Å²) in [6.07, 6.45) is 1.13. The van der Waals surface area contributed by atoms with E-state index < -0.39 is 0 Å². The summed E-state index contributed by atoms with van der Waals surface area (Å²) in [5.41, 5.74) is 8.78. The van der Waals surface area contributed by atoms with Crippen LogP contribution in [0.4, 0.5) is 0 Å². The first-order valence-corrected chi connectivity index (χ1v) is 7.43. The predicted octanol–water partition coefficient (Wildman–Crippen LogP) is 1.75. The van der Waals surface area contributed by atoms with Gasteiger partial charge in [0.15, 0.2) is 5.96 Å². The third kappa shape index (κ3) is 3.97. The summed E-state index contributed by atoms with van der Waals surface area (Å²) in [7, 11) is 0. The highest BCUT2D eigenvalue weighted by molar-refractivity contribution is 5.78. The molecular weight excluding hydrogens is 248 g/mol. The van der Waals surface area contributed by atoms with E-state index in [1.54, 1.807) is 0 Å². The van der Waals surface area contributed by atoms with E-state index in [2.05, 4.69) is 60.2 Å². The minimum atomic E-state index is 0.330. The molecule has 1 atom stereocenters. The molecule has 0 bridgehead atoms. The Balaban J connectivity index is 1.90. The fraction of sp³-hybridized carbons (Fsp3) is 0.562. The first kappa shape index (κ1) is 14.9. The number of nitrogens with two attached hydrogens (primary N) is 1. The largest absolute Gasteiger partial charge is 0.370 e. The summed E-state index contributed by atoms with van der Waals surface area (Å²) in [5.74, 6) is 0.546. The van der Waals surface area contributed by atoms with Crippen molar-refractivity contribution >= 4 is 5.96 Å². The summed E-state index contributed by atoms with van der Waals surface area (Å²) in [6.45, 7) is 9.21. The summed E-state index contributed by atoms with van der Waals surface area (Å²) in [6, 6.07) is 9.45. The number of fused-ring (bicyclic) bond motifs is 1. The molecule has 0 aliphatic carbocycles. The van der Waals surface area contributed by atoms with E-state index in [-0.39, 0.29) is 0 Å².